The van der Waals surface area contributed by atoms with Crippen molar-refractivity contribution in [3.63, 3.8) is 0 Å². The Bertz CT molecular complexity index is 97.4. The van der Waals surface area contributed by atoms with Crippen molar-refractivity contribution in [3.05, 3.63) is 0 Å². The Morgan fingerprint density at radius 1 is 1.40 bits per heavy atom. The van der Waals surface area contributed by atoms with Crippen LogP contribution in [0.4, 0.5) is 0 Å². The predicted molar refractivity (Wildman–Crippen MR) is 47.1 cm³/mol. The number of hydrogen-bond acceptors (Lipinski definition) is 1. The van der Waals surface area contributed by atoms with Crippen LogP contribution in [0, 0.1) is 5.41 Å². The van der Waals surface area contributed by atoms with Gasteiger partial charge in [0.05, 0.1) is 0 Å². The smallest absolute Gasteiger partial charge is 0.205 e. The Kier molecular flexibility index (Phi) is 4.96. The van der Waals surface area contributed by atoms with Gasteiger partial charge in [-0.05, 0) is 19.3 Å². The lowest BCUT2D eigenvalue weighted by atomic mass is 9.82. The zero-order valence-electron chi connectivity index (χ0n) is 6.61. The topological polar surface area (TPSA) is 17.1 Å². The quantitative estimate of drug-likeness (QED) is 0.632. The molecule has 0 aliphatic carbocycles. The summed E-state index contributed by atoms with van der Waals surface area (Å²) in [7, 11) is 0. The molecule has 0 fully saturated rings. The van der Waals surface area contributed by atoms with Crippen LogP contribution >= 0.6 is 15.9 Å². The molecule has 0 bridgehead atoms. The lowest BCUT2D eigenvalue weighted by molar-refractivity contribution is 0.351. The van der Waals surface area contributed by atoms with Crippen molar-refractivity contribution in [2.24, 2.45) is 5.41 Å². The SMILES string of the molecule is CCC([C]=O)(CC)CCBr. The predicted octanol–water partition coefficient (Wildman–Crippen LogP) is 2.69. The van der Waals surface area contributed by atoms with E-state index in [1.54, 1.807) is 0 Å². The summed E-state index contributed by atoms with van der Waals surface area (Å²) in [6, 6.07) is 0. The van der Waals surface area contributed by atoms with Crippen LogP contribution < -0.4 is 0 Å². The third kappa shape index (κ3) is 2.41. The van der Waals surface area contributed by atoms with Gasteiger partial charge >= 0.3 is 0 Å². The second kappa shape index (κ2) is 4.89. The lowest BCUT2D eigenvalue weighted by Crippen LogP contribution is -2.20. The van der Waals surface area contributed by atoms with Crippen molar-refractivity contribution in [1.29, 1.82) is 0 Å². The summed E-state index contributed by atoms with van der Waals surface area (Å²) in [5.74, 6) is 0. The average molecular weight is 206 g/mol. The standard InChI is InChI=1S/C8H14BrO/c1-3-8(4-2,7-10)5-6-9/h3-6H2,1-2H3. The van der Waals surface area contributed by atoms with Gasteiger partial charge in [0, 0.05) is 10.7 Å². The first-order valence-corrected chi connectivity index (χ1v) is 4.82. The van der Waals surface area contributed by atoms with Crippen LogP contribution in [0.25, 0.3) is 0 Å². The molecule has 0 saturated heterocycles. The summed E-state index contributed by atoms with van der Waals surface area (Å²) in [4.78, 5) is 10.5. The first-order valence-electron chi connectivity index (χ1n) is 3.70. The molecule has 0 amide bonds. The summed E-state index contributed by atoms with van der Waals surface area (Å²) in [5, 5.41) is 0.893. The minimum absolute atomic E-state index is 0.177. The van der Waals surface area contributed by atoms with Crippen LogP contribution in [0.2, 0.25) is 0 Å². The lowest BCUT2D eigenvalue weighted by Gasteiger charge is -2.21. The Hall–Kier alpha value is 0.150. The van der Waals surface area contributed by atoms with Crippen LogP contribution in [0.3, 0.4) is 0 Å². The summed E-state index contributed by atoms with van der Waals surface area (Å²) in [5.41, 5.74) is -0.177. The molecule has 1 radical (unpaired) electrons. The number of carbonyl (C=O) groups excluding carboxylic acids is 1. The minimum atomic E-state index is -0.177. The van der Waals surface area contributed by atoms with Gasteiger partial charge in [-0.25, -0.2) is 0 Å². The Morgan fingerprint density at radius 2 is 1.90 bits per heavy atom. The summed E-state index contributed by atoms with van der Waals surface area (Å²) in [6.07, 6.45) is 4.84. The van der Waals surface area contributed by atoms with E-state index >= 15 is 0 Å². The molecule has 0 aliphatic rings. The molecule has 0 unspecified atom stereocenters. The van der Waals surface area contributed by atoms with Gasteiger partial charge in [-0.15, -0.1) is 0 Å². The van der Waals surface area contributed by atoms with Crippen molar-refractivity contribution in [1.82, 2.24) is 0 Å². The number of alkyl halides is 1. The molecule has 0 aromatic carbocycles. The van der Waals surface area contributed by atoms with Crippen molar-refractivity contribution >= 4 is 22.2 Å². The van der Waals surface area contributed by atoms with Gasteiger partial charge in [-0.3, -0.25) is 4.79 Å². The van der Waals surface area contributed by atoms with E-state index in [1.807, 2.05) is 13.8 Å². The van der Waals surface area contributed by atoms with E-state index in [9.17, 15) is 4.79 Å². The molecule has 10 heavy (non-hydrogen) atoms. The van der Waals surface area contributed by atoms with E-state index in [2.05, 4.69) is 22.2 Å². The van der Waals surface area contributed by atoms with Gasteiger partial charge in [0.15, 0.2) is 0 Å². The Balaban J connectivity index is 4.00. The minimum Gasteiger partial charge on any atom is -0.290 e. The van der Waals surface area contributed by atoms with Gasteiger partial charge in [-0.1, -0.05) is 29.8 Å². The average Bonchev–Trinajstić information content (AvgIpc) is 2.01. The number of hydrogen-bond donors (Lipinski definition) is 0. The van der Waals surface area contributed by atoms with E-state index in [-0.39, 0.29) is 5.41 Å². The fourth-order valence-corrected chi connectivity index (χ4v) is 1.74. The highest BCUT2D eigenvalue weighted by atomic mass is 79.9. The van der Waals surface area contributed by atoms with E-state index in [0.29, 0.717) is 0 Å². The molecular formula is C8H14BrO. The molecule has 0 spiro atoms. The monoisotopic (exact) mass is 205 g/mol. The van der Waals surface area contributed by atoms with Gasteiger partial charge in [0.25, 0.3) is 0 Å². The van der Waals surface area contributed by atoms with Crippen LogP contribution in [-0.2, 0) is 4.79 Å². The molecular weight excluding hydrogens is 192 g/mol. The molecule has 0 N–H and O–H groups in total. The second-order valence-corrected chi connectivity index (χ2v) is 3.32. The first-order chi connectivity index (χ1) is 4.74. The molecule has 59 valence electrons. The van der Waals surface area contributed by atoms with Gasteiger partial charge in [0.1, 0.15) is 0 Å². The zero-order valence-corrected chi connectivity index (χ0v) is 8.20. The first kappa shape index (κ1) is 10.2. The molecule has 0 heterocycles. The maximum absolute atomic E-state index is 10.5. The molecule has 1 nitrogen and oxygen atoms in total. The summed E-state index contributed by atoms with van der Waals surface area (Å²) >= 11 is 3.33. The van der Waals surface area contributed by atoms with E-state index < -0.39 is 0 Å². The van der Waals surface area contributed by atoms with Gasteiger partial charge in [0.2, 0.25) is 6.29 Å². The molecule has 0 saturated carbocycles. The molecule has 0 atom stereocenters. The molecule has 0 aliphatic heterocycles. The highest BCUT2D eigenvalue weighted by Gasteiger charge is 2.25. The van der Waals surface area contributed by atoms with Crippen LogP contribution in [0.1, 0.15) is 33.1 Å². The normalized spacial score (nSPS) is 11.5. The zero-order chi connectivity index (χ0) is 8.04. The van der Waals surface area contributed by atoms with Crippen LogP contribution in [-0.4, -0.2) is 11.6 Å². The van der Waals surface area contributed by atoms with E-state index in [4.69, 9.17) is 0 Å². The maximum Gasteiger partial charge on any atom is 0.205 e. The van der Waals surface area contributed by atoms with Crippen LogP contribution in [0.15, 0.2) is 0 Å². The molecule has 0 rings (SSSR count). The highest BCUT2D eigenvalue weighted by molar-refractivity contribution is 9.09. The van der Waals surface area contributed by atoms with Crippen molar-refractivity contribution in [3.8, 4) is 0 Å². The Morgan fingerprint density at radius 3 is 2.00 bits per heavy atom. The van der Waals surface area contributed by atoms with E-state index in [0.717, 1.165) is 24.6 Å². The summed E-state index contributed by atoms with van der Waals surface area (Å²) < 4.78 is 0. The molecule has 0 aromatic heterocycles. The Labute approximate surface area is 71.3 Å². The fourth-order valence-electron chi connectivity index (χ4n) is 0.980. The maximum atomic E-state index is 10.5. The largest absolute Gasteiger partial charge is 0.290 e. The second-order valence-electron chi connectivity index (χ2n) is 2.53. The van der Waals surface area contributed by atoms with Crippen LogP contribution in [0.5, 0.6) is 0 Å². The number of halogens is 1. The third-order valence-corrected chi connectivity index (χ3v) is 2.54. The van der Waals surface area contributed by atoms with Gasteiger partial charge < -0.3 is 0 Å². The fraction of sp³-hybridized carbons (Fsp3) is 0.875. The van der Waals surface area contributed by atoms with Crippen molar-refractivity contribution in [2.75, 3.05) is 5.33 Å². The van der Waals surface area contributed by atoms with E-state index in [1.165, 1.54) is 0 Å². The van der Waals surface area contributed by atoms with Gasteiger partial charge in [-0.2, -0.15) is 0 Å². The van der Waals surface area contributed by atoms with Crippen molar-refractivity contribution < 1.29 is 4.79 Å². The molecule has 2 heteroatoms. The van der Waals surface area contributed by atoms with Crippen molar-refractivity contribution in [2.45, 2.75) is 33.1 Å². The highest BCUT2D eigenvalue weighted by Crippen LogP contribution is 2.28. The number of rotatable bonds is 5. The summed E-state index contributed by atoms with van der Waals surface area (Å²) in [6.45, 7) is 4.08. The third-order valence-electron chi connectivity index (χ3n) is 2.14. The molecule has 0 aromatic rings.